The van der Waals surface area contributed by atoms with Crippen LogP contribution in [0.25, 0.3) is 11.0 Å². The van der Waals surface area contributed by atoms with E-state index < -0.39 is 23.9 Å². The minimum Gasteiger partial charge on any atom is -0.458 e. The van der Waals surface area contributed by atoms with E-state index in [1.807, 2.05) is 0 Å². The van der Waals surface area contributed by atoms with Crippen LogP contribution in [0.15, 0.2) is 39.4 Å². The summed E-state index contributed by atoms with van der Waals surface area (Å²) in [6, 6.07) is 5.46. The van der Waals surface area contributed by atoms with Gasteiger partial charge in [0.05, 0.1) is 17.4 Å². The molecule has 5 rings (SSSR count). The predicted octanol–water partition coefficient (Wildman–Crippen LogP) is 2.52. The summed E-state index contributed by atoms with van der Waals surface area (Å²) in [6.07, 6.45) is 1.11. The van der Waals surface area contributed by atoms with Gasteiger partial charge >= 0.3 is 11.8 Å². The van der Waals surface area contributed by atoms with Gasteiger partial charge in [0.25, 0.3) is 0 Å². The van der Waals surface area contributed by atoms with Crippen LogP contribution in [0.3, 0.4) is 0 Å². The second-order valence-electron chi connectivity index (χ2n) is 6.84. The summed E-state index contributed by atoms with van der Waals surface area (Å²) in [5, 5.41) is 17.4. The highest BCUT2D eigenvalue weighted by atomic mass is 19.1. The zero-order valence-electron chi connectivity index (χ0n) is 15.3. The maximum Gasteiger partial charge on any atom is 0.312 e. The van der Waals surface area contributed by atoms with E-state index in [4.69, 9.17) is 8.83 Å². The highest BCUT2D eigenvalue weighted by Gasteiger charge is 2.38. The smallest absolute Gasteiger partial charge is 0.312 e. The van der Waals surface area contributed by atoms with Crippen molar-refractivity contribution in [2.75, 3.05) is 6.54 Å². The Kier molecular flexibility index (Phi) is 3.95. The lowest BCUT2D eigenvalue weighted by molar-refractivity contribution is 0.0623. The zero-order chi connectivity index (χ0) is 20.1. The second-order valence-corrected chi connectivity index (χ2v) is 6.84. The Labute approximate surface area is 163 Å². The number of nitrogens with one attached hydrogen (secondary N) is 1. The number of hydrogen-bond donors (Lipinski definition) is 2. The van der Waals surface area contributed by atoms with E-state index >= 15 is 0 Å². The summed E-state index contributed by atoms with van der Waals surface area (Å²) in [5.41, 5.74) is 1.86. The molecule has 4 aromatic rings. The van der Waals surface area contributed by atoms with Gasteiger partial charge in [0.15, 0.2) is 0 Å². The van der Waals surface area contributed by atoms with Crippen molar-refractivity contribution in [1.82, 2.24) is 25.1 Å². The average Bonchev–Trinajstić information content (AvgIpc) is 3.44. The monoisotopic (exact) mass is 397 g/mol. The van der Waals surface area contributed by atoms with E-state index in [1.54, 1.807) is 24.5 Å². The van der Waals surface area contributed by atoms with Crippen molar-refractivity contribution in [2.24, 2.45) is 0 Å². The van der Waals surface area contributed by atoms with Crippen LogP contribution in [0, 0.1) is 5.82 Å². The number of aromatic amines is 1. The SMILES string of the molecule is C[C@@H](O)c1nnc(C(=O)N2CCc3[nH]cnc3[C@H]2c2cc3c(F)cccc3o2)o1. The minimum absolute atomic E-state index is 0.0480. The molecule has 29 heavy (non-hydrogen) atoms. The molecule has 0 unspecified atom stereocenters. The number of aromatic nitrogens is 4. The number of furan rings is 1. The van der Waals surface area contributed by atoms with Gasteiger partial charge in [-0.1, -0.05) is 6.07 Å². The number of halogens is 1. The summed E-state index contributed by atoms with van der Waals surface area (Å²) in [6.45, 7) is 1.80. The second kappa shape index (κ2) is 6.52. The maximum absolute atomic E-state index is 14.2. The van der Waals surface area contributed by atoms with Crippen molar-refractivity contribution in [3.63, 3.8) is 0 Å². The van der Waals surface area contributed by atoms with E-state index in [-0.39, 0.29) is 11.8 Å². The molecule has 0 saturated carbocycles. The minimum atomic E-state index is -0.988. The molecule has 0 aliphatic carbocycles. The Morgan fingerprint density at radius 3 is 3.00 bits per heavy atom. The normalized spacial score (nSPS) is 17.5. The lowest BCUT2D eigenvalue weighted by Gasteiger charge is -2.32. The van der Waals surface area contributed by atoms with Crippen molar-refractivity contribution < 1.29 is 23.1 Å². The molecule has 0 spiro atoms. The number of amides is 1. The number of carbonyl (C=O) groups excluding carboxylic acids is 1. The fourth-order valence-corrected chi connectivity index (χ4v) is 3.58. The fraction of sp³-hybridized carbons (Fsp3) is 0.263. The molecule has 0 saturated heterocycles. The Balaban J connectivity index is 1.60. The Morgan fingerprint density at radius 1 is 1.38 bits per heavy atom. The molecular formula is C19H16FN5O4. The van der Waals surface area contributed by atoms with Gasteiger partial charge in [-0.3, -0.25) is 4.79 Å². The van der Waals surface area contributed by atoms with Gasteiger partial charge in [-0.2, -0.15) is 0 Å². The number of rotatable bonds is 3. The molecule has 3 aromatic heterocycles. The van der Waals surface area contributed by atoms with Gasteiger partial charge in [0.1, 0.15) is 29.3 Å². The van der Waals surface area contributed by atoms with Crippen LogP contribution in [0.2, 0.25) is 0 Å². The Bertz CT molecular complexity index is 1210. The van der Waals surface area contributed by atoms with Crippen molar-refractivity contribution >= 4 is 16.9 Å². The number of imidazole rings is 1. The molecule has 1 aromatic carbocycles. The van der Waals surface area contributed by atoms with Crippen LogP contribution in [-0.4, -0.2) is 42.6 Å². The highest BCUT2D eigenvalue weighted by molar-refractivity contribution is 5.90. The van der Waals surface area contributed by atoms with E-state index in [0.717, 1.165) is 5.69 Å². The molecule has 2 N–H and O–H groups in total. The van der Waals surface area contributed by atoms with Crippen molar-refractivity contribution in [3.8, 4) is 0 Å². The first kappa shape index (κ1) is 17.6. The number of aliphatic hydroxyl groups excluding tert-OH is 1. The quantitative estimate of drug-likeness (QED) is 0.545. The van der Waals surface area contributed by atoms with Gasteiger partial charge in [-0.15, -0.1) is 10.2 Å². The van der Waals surface area contributed by atoms with Crippen molar-refractivity contribution in [2.45, 2.75) is 25.5 Å². The summed E-state index contributed by atoms with van der Waals surface area (Å²) < 4.78 is 25.4. The first-order valence-corrected chi connectivity index (χ1v) is 9.05. The fourth-order valence-electron chi connectivity index (χ4n) is 3.58. The molecule has 0 bridgehead atoms. The molecule has 2 atom stereocenters. The molecule has 10 heteroatoms. The molecule has 1 aliphatic heterocycles. The molecule has 0 radical (unpaired) electrons. The van der Waals surface area contributed by atoms with Crippen LogP contribution in [0.4, 0.5) is 4.39 Å². The van der Waals surface area contributed by atoms with Crippen LogP contribution >= 0.6 is 0 Å². The van der Waals surface area contributed by atoms with Crippen LogP contribution in [-0.2, 0) is 6.42 Å². The highest BCUT2D eigenvalue weighted by Crippen LogP contribution is 2.37. The largest absolute Gasteiger partial charge is 0.458 e. The zero-order valence-corrected chi connectivity index (χ0v) is 15.3. The van der Waals surface area contributed by atoms with Gasteiger partial charge in [-0.05, 0) is 25.1 Å². The molecule has 1 amide bonds. The lowest BCUT2D eigenvalue weighted by Crippen LogP contribution is -2.40. The van der Waals surface area contributed by atoms with Gasteiger partial charge < -0.3 is 23.8 Å². The molecule has 4 heterocycles. The molecule has 1 aliphatic rings. The maximum atomic E-state index is 14.2. The number of benzene rings is 1. The third-order valence-electron chi connectivity index (χ3n) is 4.96. The van der Waals surface area contributed by atoms with E-state index in [0.29, 0.717) is 35.4 Å². The summed E-state index contributed by atoms with van der Waals surface area (Å²) in [5.74, 6) is -0.849. The van der Waals surface area contributed by atoms with Crippen LogP contribution < -0.4 is 0 Å². The van der Waals surface area contributed by atoms with Gasteiger partial charge in [-0.25, -0.2) is 9.37 Å². The standard InChI is InChI=1S/C19H16FN5O4/c1-9(26)17-23-24-18(29-17)19(27)25-6-5-12-15(22-8-21-12)16(25)14-7-10-11(20)3-2-4-13(10)28-14/h2-4,7-9,16,26H,5-6H2,1H3,(H,21,22)/t9-,16-/m1/s1. The van der Waals surface area contributed by atoms with E-state index in [1.165, 1.54) is 17.9 Å². The van der Waals surface area contributed by atoms with Crippen LogP contribution in [0.5, 0.6) is 0 Å². The molecule has 0 fully saturated rings. The lowest BCUT2D eigenvalue weighted by atomic mass is 10.00. The summed E-state index contributed by atoms with van der Waals surface area (Å²) in [4.78, 5) is 22.1. The van der Waals surface area contributed by atoms with E-state index in [9.17, 15) is 14.3 Å². The first-order valence-electron chi connectivity index (χ1n) is 9.05. The van der Waals surface area contributed by atoms with Gasteiger partial charge in [0.2, 0.25) is 5.89 Å². The average molecular weight is 397 g/mol. The first-order chi connectivity index (χ1) is 14.0. The molecule has 148 valence electrons. The van der Waals surface area contributed by atoms with Crippen LogP contribution in [0.1, 0.15) is 52.8 Å². The molecular weight excluding hydrogens is 381 g/mol. The third-order valence-corrected chi connectivity index (χ3v) is 4.96. The predicted molar refractivity (Wildman–Crippen MR) is 96.3 cm³/mol. The third kappa shape index (κ3) is 2.80. The number of fused-ring (bicyclic) bond motifs is 2. The van der Waals surface area contributed by atoms with Gasteiger partial charge in [0, 0.05) is 18.7 Å². The number of H-pyrrole nitrogens is 1. The Morgan fingerprint density at radius 2 is 2.24 bits per heavy atom. The van der Waals surface area contributed by atoms with Crippen molar-refractivity contribution in [3.05, 3.63) is 65.3 Å². The molecule has 9 nitrogen and oxygen atoms in total. The number of hydrogen-bond acceptors (Lipinski definition) is 7. The Hall–Kier alpha value is -3.53. The number of carbonyl (C=O) groups is 1. The summed E-state index contributed by atoms with van der Waals surface area (Å²) >= 11 is 0. The van der Waals surface area contributed by atoms with Crippen molar-refractivity contribution in [1.29, 1.82) is 0 Å². The van der Waals surface area contributed by atoms with E-state index in [2.05, 4.69) is 20.2 Å². The number of aliphatic hydroxyl groups is 1. The number of nitrogens with zero attached hydrogens (tertiary/aromatic N) is 4. The summed E-state index contributed by atoms with van der Waals surface area (Å²) in [7, 11) is 0. The topological polar surface area (TPSA) is 121 Å².